The van der Waals surface area contributed by atoms with Gasteiger partial charge in [-0.1, -0.05) is 0 Å². The normalized spacial score (nSPS) is 10.2. The number of hydrogen-bond acceptors (Lipinski definition) is 5. The van der Waals surface area contributed by atoms with Gasteiger partial charge in [-0.15, -0.1) is 0 Å². The first-order chi connectivity index (χ1) is 10.1. The van der Waals surface area contributed by atoms with Gasteiger partial charge in [0.05, 0.1) is 37.4 Å². The predicted octanol–water partition coefficient (Wildman–Crippen LogP) is 1.75. The van der Waals surface area contributed by atoms with E-state index in [-0.39, 0.29) is 17.2 Å². The lowest BCUT2D eigenvalue weighted by Gasteiger charge is -2.12. The van der Waals surface area contributed by atoms with Crippen LogP contribution in [0, 0.1) is 0 Å². The fourth-order valence-corrected chi connectivity index (χ4v) is 1.88. The number of nitrogens with two attached hydrogens (primary N) is 1. The molecule has 0 atom stereocenters. The van der Waals surface area contributed by atoms with Crippen molar-refractivity contribution in [2.75, 3.05) is 25.3 Å². The molecule has 2 rings (SSSR count). The van der Waals surface area contributed by atoms with E-state index < -0.39 is 0 Å². The molecule has 0 bridgehead atoms. The van der Waals surface area contributed by atoms with E-state index in [9.17, 15) is 4.79 Å². The Hall–Kier alpha value is -2.70. The topological polar surface area (TPSA) is 91.4 Å². The number of hydrogen-bond donors (Lipinski definition) is 2. The Balaban J connectivity index is 2.29. The molecule has 0 spiro atoms. The van der Waals surface area contributed by atoms with Crippen LogP contribution in [0.3, 0.4) is 0 Å². The van der Waals surface area contributed by atoms with Gasteiger partial charge in [-0.2, -0.15) is 5.10 Å². The van der Waals surface area contributed by atoms with E-state index in [2.05, 4.69) is 10.4 Å². The van der Waals surface area contributed by atoms with E-state index in [1.165, 1.54) is 14.2 Å². The third-order valence-electron chi connectivity index (χ3n) is 3.03. The molecule has 0 aliphatic carbocycles. The minimum atomic E-state index is -0.347. The monoisotopic (exact) mass is 290 g/mol. The second-order valence-electron chi connectivity index (χ2n) is 4.33. The summed E-state index contributed by atoms with van der Waals surface area (Å²) in [7, 11) is 3.00. The first-order valence-corrected chi connectivity index (χ1v) is 6.44. The number of ether oxygens (including phenoxy) is 2. The zero-order chi connectivity index (χ0) is 15.4. The van der Waals surface area contributed by atoms with Gasteiger partial charge >= 0.3 is 0 Å². The molecule has 3 N–H and O–H groups in total. The Morgan fingerprint density at radius 1 is 1.38 bits per heavy atom. The smallest absolute Gasteiger partial charge is 0.258 e. The number of nitrogen functional groups attached to an aromatic ring is 1. The molecular weight excluding hydrogens is 272 g/mol. The number of aromatic nitrogens is 2. The Bertz CT molecular complexity index is 652. The lowest BCUT2D eigenvalue weighted by atomic mass is 10.1. The van der Waals surface area contributed by atoms with Crippen molar-refractivity contribution in [2.24, 2.45) is 0 Å². The lowest BCUT2D eigenvalue weighted by molar-refractivity contribution is 0.102. The van der Waals surface area contributed by atoms with Crippen molar-refractivity contribution in [2.45, 2.75) is 13.5 Å². The van der Waals surface area contributed by atoms with Crippen LogP contribution in [0.5, 0.6) is 11.5 Å². The van der Waals surface area contributed by atoms with E-state index >= 15 is 0 Å². The van der Waals surface area contributed by atoms with Crippen molar-refractivity contribution in [1.82, 2.24) is 9.78 Å². The van der Waals surface area contributed by atoms with Crippen LogP contribution in [-0.2, 0) is 6.54 Å². The molecule has 0 fully saturated rings. The molecule has 7 heteroatoms. The average molecular weight is 290 g/mol. The molecule has 0 radical (unpaired) electrons. The number of nitrogens with one attached hydrogen (secondary N) is 1. The standard InChI is InChI=1S/C14H18N4O3/c1-4-18-8-9(7-16-18)17-14(19)11-5-10(20-2)6-12(21-3)13(11)15/h5-8H,4,15H2,1-3H3,(H,17,19). The molecule has 2 aromatic rings. The largest absolute Gasteiger partial charge is 0.497 e. The Morgan fingerprint density at radius 3 is 2.71 bits per heavy atom. The third kappa shape index (κ3) is 3.07. The van der Waals surface area contributed by atoms with Crippen LogP contribution in [0.25, 0.3) is 0 Å². The number of benzene rings is 1. The van der Waals surface area contributed by atoms with E-state index in [1.807, 2.05) is 6.92 Å². The van der Waals surface area contributed by atoms with Gasteiger partial charge < -0.3 is 20.5 Å². The first kappa shape index (κ1) is 14.7. The molecule has 0 aliphatic heterocycles. The van der Waals surface area contributed by atoms with Gasteiger partial charge in [-0.25, -0.2) is 0 Å². The van der Waals surface area contributed by atoms with Crippen LogP contribution >= 0.6 is 0 Å². The zero-order valence-electron chi connectivity index (χ0n) is 12.2. The number of methoxy groups -OCH3 is 2. The van der Waals surface area contributed by atoms with Gasteiger partial charge in [0.1, 0.15) is 11.5 Å². The van der Waals surface area contributed by atoms with Crippen molar-refractivity contribution in [3.8, 4) is 11.5 Å². The maximum Gasteiger partial charge on any atom is 0.258 e. The van der Waals surface area contributed by atoms with Crippen LogP contribution in [0.2, 0.25) is 0 Å². The molecule has 7 nitrogen and oxygen atoms in total. The number of carbonyl (C=O) groups excluding carboxylic acids is 1. The number of amides is 1. The Labute approximate surface area is 122 Å². The molecule has 1 amide bonds. The summed E-state index contributed by atoms with van der Waals surface area (Å²) >= 11 is 0. The summed E-state index contributed by atoms with van der Waals surface area (Å²) in [5.74, 6) is 0.541. The SMILES string of the molecule is CCn1cc(NC(=O)c2cc(OC)cc(OC)c2N)cn1. The van der Waals surface area contributed by atoms with Crippen LogP contribution in [0.4, 0.5) is 11.4 Å². The van der Waals surface area contributed by atoms with Gasteiger partial charge in [-0.3, -0.25) is 9.48 Å². The molecule has 0 aliphatic rings. The van der Waals surface area contributed by atoms with Gasteiger partial charge in [0.15, 0.2) is 0 Å². The summed E-state index contributed by atoms with van der Waals surface area (Å²) in [6, 6.07) is 3.19. The molecule has 0 unspecified atom stereocenters. The lowest BCUT2D eigenvalue weighted by Crippen LogP contribution is -2.14. The maximum atomic E-state index is 12.3. The van der Waals surface area contributed by atoms with E-state index in [0.717, 1.165) is 6.54 Å². The van der Waals surface area contributed by atoms with Crippen LogP contribution in [0.15, 0.2) is 24.5 Å². The summed E-state index contributed by atoms with van der Waals surface area (Å²) in [6.07, 6.45) is 3.32. The van der Waals surface area contributed by atoms with Gasteiger partial charge in [0, 0.05) is 18.8 Å². The van der Waals surface area contributed by atoms with E-state index in [0.29, 0.717) is 17.2 Å². The average Bonchev–Trinajstić information content (AvgIpc) is 2.95. The zero-order valence-corrected chi connectivity index (χ0v) is 12.2. The van der Waals surface area contributed by atoms with Crippen LogP contribution in [0.1, 0.15) is 17.3 Å². The third-order valence-corrected chi connectivity index (χ3v) is 3.03. The minimum absolute atomic E-state index is 0.263. The van der Waals surface area contributed by atoms with Crippen molar-refractivity contribution < 1.29 is 14.3 Å². The fraction of sp³-hybridized carbons (Fsp3) is 0.286. The second kappa shape index (κ2) is 6.17. The van der Waals surface area contributed by atoms with Gasteiger partial charge in [0.25, 0.3) is 5.91 Å². The second-order valence-corrected chi connectivity index (χ2v) is 4.33. The van der Waals surface area contributed by atoms with Gasteiger partial charge in [-0.05, 0) is 13.0 Å². The molecule has 112 valence electrons. The van der Waals surface area contributed by atoms with Crippen molar-refractivity contribution in [3.63, 3.8) is 0 Å². The molecule has 21 heavy (non-hydrogen) atoms. The summed E-state index contributed by atoms with van der Waals surface area (Å²) in [4.78, 5) is 12.3. The van der Waals surface area contributed by atoms with E-state index in [1.54, 1.807) is 29.2 Å². The van der Waals surface area contributed by atoms with Crippen LogP contribution in [-0.4, -0.2) is 29.9 Å². The number of anilines is 2. The van der Waals surface area contributed by atoms with Gasteiger partial charge in [0.2, 0.25) is 0 Å². The Kier molecular flexibility index (Phi) is 4.32. The first-order valence-electron chi connectivity index (χ1n) is 6.44. The highest BCUT2D eigenvalue weighted by molar-refractivity contribution is 6.08. The fourth-order valence-electron chi connectivity index (χ4n) is 1.88. The highest BCUT2D eigenvalue weighted by Gasteiger charge is 2.16. The summed E-state index contributed by atoms with van der Waals surface area (Å²) in [5.41, 5.74) is 7.09. The number of rotatable bonds is 5. The van der Waals surface area contributed by atoms with Crippen molar-refractivity contribution in [3.05, 3.63) is 30.1 Å². The molecule has 1 aromatic carbocycles. The van der Waals surface area contributed by atoms with Crippen LogP contribution < -0.4 is 20.5 Å². The summed E-state index contributed by atoms with van der Waals surface area (Å²) in [6.45, 7) is 2.69. The molecule has 0 saturated heterocycles. The predicted molar refractivity (Wildman–Crippen MR) is 79.8 cm³/mol. The number of aryl methyl sites for hydroxylation is 1. The van der Waals surface area contributed by atoms with Crippen molar-refractivity contribution >= 4 is 17.3 Å². The Morgan fingerprint density at radius 2 is 2.14 bits per heavy atom. The van der Waals surface area contributed by atoms with E-state index in [4.69, 9.17) is 15.2 Å². The quantitative estimate of drug-likeness (QED) is 0.819. The molecule has 1 aromatic heterocycles. The highest BCUT2D eigenvalue weighted by atomic mass is 16.5. The maximum absolute atomic E-state index is 12.3. The summed E-state index contributed by atoms with van der Waals surface area (Å²) in [5, 5.41) is 6.84. The summed E-state index contributed by atoms with van der Waals surface area (Å²) < 4.78 is 12.0. The molecule has 1 heterocycles. The minimum Gasteiger partial charge on any atom is -0.497 e. The molecule has 0 saturated carbocycles. The molecular formula is C14H18N4O3. The number of carbonyl (C=O) groups is 1. The highest BCUT2D eigenvalue weighted by Crippen LogP contribution is 2.31. The van der Waals surface area contributed by atoms with Crippen molar-refractivity contribution in [1.29, 1.82) is 0 Å². The number of nitrogens with zero attached hydrogens (tertiary/aromatic N) is 2.